The van der Waals surface area contributed by atoms with Gasteiger partial charge in [-0.3, -0.25) is 9.59 Å². The number of benzene rings is 1. The van der Waals surface area contributed by atoms with Crippen LogP contribution >= 0.6 is 45.8 Å². The van der Waals surface area contributed by atoms with E-state index in [4.69, 9.17) is 28.3 Å². The Bertz CT molecular complexity index is 594. The van der Waals surface area contributed by atoms with Crippen molar-refractivity contribution in [1.29, 1.82) is 0 Å². The number of aliphatic carboxylic acids is 1. The Balaban J connectivity index is 2.23. The molecular formula is C14H14Cl2INO3. The van der Waals surface area contributed by atoms with Crippen molar-refractivity contribution in [1.82, 2.24) is 4.90 Å². The molecule has 0 saturated carbocycles. The highest BCUT2D eigenvalue weighted by Crippen LogP contribution is 2.30. The van der Waals surface area contributed by atoms with Crippen LogP contribution in [0.3, 0.4) is 0 Å². The van der Waals surface area contributed by atoms with Crippen LogP contribution in [-0.4, -0.2) is 34.5 Å². The van der Waals surface area contributed by atoms with Gasteiger partial charge in [0.2, 0.25) is 0 Å². The normalized spacial score (nSPS) is 22.2. The molecule has 1 aromatic carbocycles. The Hall–Kier alpha value is -0.530. The molecule has 4 nitrogen and oxygen atoms in total. The second kappa shape index (κ2) is 6.71. The summed E-state index contributed by atoms with van der Waals surface area (Å²) in [6, 6.07) is 3.08. The highest BCUT2D eigenvalue weighted by atomic mass is 127. The van der Waals surface area contributed by atoms with Crippen molar-refractivity contribution in [3.8, 4) is 0 Å². The lowest BCUT2D eigenvalue weighted by atomic mass is 9.91. The van der Waals surface area contributed by atoms with Crippen LogP contribution in [0.4, 0.5) is 0 Å². The summed E-state index contributed by atoms with van der Waals surface area (Å²) < 4.78 is 0.663. The first-order valence-electron chi connectivity index (χ1n) is 6.49. The topological polar surface area (TPSA) is 57.6 Å². The maximum Gasteiger partial charge on any atom is 0.306 e. The molecule has 1 fully saturated rings. The number of rotatable bonds is 2. The predicted octanol–water partition coefficient (Wildman–Crippen LogP) is 3.92. The average molecular weight is 442 g/mol. The molecule has 0 aliphatic carbocycles. The van der Waals surface area contributed by atoms with Crippen molar-refractivity contribution >= 4 is 57.7 Å². The van der Waals surface area contributed by atoms with Crippen molar-refractivity contribution < 1.29 is 14.7 Å². The summed E-state index contributed by atoms with van der Waals surface area (Å²) in [5.41, 5.74) is 0.466. The summed E-state index contributed by atoms with van der Waals surface area (Å²) in [6.07, 6.45) is 0.933. The Morgan fingerprint density at radius 1 is 1.38 bits per heavy atom. The van der Waals surface area contributed by atoms with E-state index in [1.54, 1.807) is 17.0 Å². The van der Waals surface area contributed by atoms with E-state index in [0.717, 1.165) is 0 Å². The van der Waals surface area contributed by atoms with E-state index >= 15 is 0 Å². The third kappa shape index (κ3) is 3.63. The van der Waals surface area contributed by atoms with Gasteiger partial charge in [0.1, 0.15) is 0 Å². The Morgan fingerprint density at radius 2 is 2.05 bits per heavy atom. The van der Waals surface area contributed by atoms with Gasteiger partial charge in [0.25, 0.3) is 5.91 Å². The standard InChI is InChI=1S/C14H14Cl2INO3/c1-7-4-8(14(20)21)2-3-18(7)13(19)10-5-9(15)6-11(16)12(10)17/h5-8H,2-4H2,1H3,(H,20,21). The summed E-state index contributed by atoms with van der Waals surface area (Å²) in [6.45, 7) is 2.29. The molecule has 0 aromatic heterocycles. The molecule has 1 saturated heterocycles. The lowest BCUT2D eigenvalue weighted by Gasteiger charge is -2.36. The zero-order valence-corrected chi connectivity index (χ0v) is 14.9. The maximum absolute atomic E-state index is 12.7. The van der Waals surface area contributed by atoms with Crippen molar-refractivity contribution in [2.75, 3.05) is 6.54 Å². The third-order valence-corrected chi connectivity index (χ3v) is 5.71. The number of carbonyl (C=O) groups is 2. The fourth-order valence-electron chi connectivity index (χ4n) is 2.56. The lowest BCUT2D eigenvalue weighted by molar-refractivity contribution is -0.143. The summed E-state index contributed by atoms with van der Waals surface area (Å²) >= 11 is 14.1. The monoisotopic (exact) mass is 441 g/mol. The molecule has 0 spiro atoms. The van der Waals surface area contributed by atoms with Gasteiger partial charge in [-0.15, -0.1) is 0 Å². The quantitative estimate of drug-likeness (QED) is 0.558. The number of hydrogen-bond donors (Lipinski definition) is 1. The molecule has 1 aliphatic rings. The maximum atomic E-state index is 12.7. The number of carboxylic acids is 1. The molecule has 0 bridgehead atoms. The van der Waals surface area contributed by atoms with Gasteiger partial charge in [0.05, 0.1) is 16.5 Å². The number of hydrogen-bond acceptors (Lipinski definition) is 2. The molecule has 2 rings (SSSR count). The van der Waals surface area contributed by atoms with E-state index in [1.807, 2.05) is 29.5 Å². The molecule has 1 amide bonds. The van der Waals surface area contributed by atoms with Crippen molar-refractivity contribution in [3.63, 3.8) is 0 Å². The minimum absolute atomic E-state index is 0.124. The first-order valence-corrected chi connectivity index (χ1v) is 8.33. The van der Waals surface area contributed by atoms with Gasteiger partial charge in [-0.2, -0.15) is 0 Å². The average Bonchev–Trinajstić information content (AvgIpc) is 2.41. The van der Waals surface area contributed by atoms with Crippen LogP contribution in [0.25, 0.3) is 0 Å². The smallest absolute Gasteiger partial charge is 0.306 e. The first kappa shape index (κ1) is 16.8. The van der Waals surface area contributed by atoms with Crippen LogP contribution in [0.5, 0.6) is 0 Å². The zero-order chi connectivity index (χ0) is 15.7. The largest absolute Gasteiger partial charge is 0.481 e. The van der Waals surface area contributed by atoms with E-state index in [9.17, 15) is 9.59 Å². The van der Waals surface area contributed by atoms with Crippen LogP contribution in [0.15, 0.2) is 12.1 Å². The van der Waals surface area contributed by atoms with Crippen LogP contribution in [0.1, 0.15) is 30.1 Å². The van der Waals surface area contributed by atoms with Crippen LogP contribution in [0.2, 0.25) is 10.0 Å². The van der Waals surface area contributed by atoms with Crippen LogP contribution < -0.4 is 0 Å². The molecule has 114 valence electrons. The van der Waals surface area contributed by atoms with E-state index in [2.05, 4.69) is 0 Å². The summed E-state index contributed by atoms with van der Waals surface area (Å²) in [5.74, 6) is -1.33. The first-order chi connectivity index (χ1) is 9.81. The molecule has 2 atom stereocenters. The van der Waals surface area contributed by atoms with Gasteiger partial charge in [0, 0.05) is 21.2 Å². The SMILES string of the molecule is CC1CC(C(=O)O)CCN1C(=O)c1cc(Cl)cc(Cl)c1I. The van der Waals surface area contributed by atoms with E-state index in [0.29, 0.717) is 38.6 Å². The molecule has 1 heterocycles. The highest BCUT2D eigenvalue weighted by molar-refractivity contribution is 14.1. The van der Waals surface area contributed by atoms with E-state index in [-0.39, 0.29) is 17.9 Å². The number of halogens is 3. The highest BCUT2D eigenvalue weighted by Gasteiger charge is 2.33. The van der Waals surface area contributed by atoms with E-state index in [1.165, 1.54) is 0 Å². The Labute approximate surface area is 146 Å². The molecule has 21 heavy (non-hydrogen) atoms. The summed E-state index contributed by atoms with van der Waals surface area (Å²) in [5, 5.41) is 9.93. The number of piperidine rings is 1. The summed E-state index contributed by atoms with van der Waals surface area (Å²) in [4.78, 5) is 25.4. The minimum Gasteiger partial charge on any atom is -0.481 e. The third-order valence-electron chi connectivity index (χ3n) is 3.71. The van der Waals surface area contributed by atoms with Crippen LogP contribution in [-0.2, 0) is 4.79 Å². The van der Waals surface area contributed by atoms with Gasteiger partial charge >= 0.3 is 5.97 Å². The molecule has 1 aromatic rings. The number of carbonyl (C=O) groups excluding carboxylic acids is 1. The Morgan fingerprint density at radius 3 is 2.62 bits per heavy atom. The molecule has 2 unspecified atom stereocenters. The number of amides is 1. The number of carboxylic acid groups (broad SMARTS) is 1. The van der Waals surface area contributed by atoms with Gasteiger partial charge in [0.15, 0.2) is 0 Å². The summed E-state index contributed by atoms with van der Waals surface area (Å²) in [7, 11) is 0. The molecule has 1 aliphatic heterocycles. The van der Waals surface area contributed by atoms with Gasteiger partial charge in [-0.1, -0.05) is 23.2 Å². The molecule has 1 N–H and O–H groups in total. The number of likely N-dealkylation sites (tertiary alicyclic amines) is 1. The van der Waals surface area contributed by atoms with Gasteiger partial charge < -0.3 is 10.0 Å². The predicted molar refractivity (Wildman–Crippen MR) is 90.0 cm³/mol. The lowest BCUT2D eigenvalue weighted by Crippen LogP contribution is -2.46. The van der Waals surface area contributed by atoms with Gasteiger partial charge in [-0.25, -0.2) is 0 Å². The molecule has 0 radical (unpaired) electrons. The van der Waals surface area contributed by atoms with E-state index < -0.39 is 5.97 Å². The molecule has 7 heteroatoms. The van der Waals surface area contributed by atoms with Crippen LogP contribution in [0, 0.1) is 9.49 Å². The second-order valence-corrected chi connectivity index (χ2v) is 7.08. The molecular weight excluding hydrogens is 428 g/mol. The fourth-order valence-corrected chi connectivity index (χ4v) is 3.60. The minimum atomic E-state index is -0.797. The fraction of sp³-hybridized carbons (Fsp3) is 0.429. The Kier molecular flexibility index (Phi) is 5.38. The zero-order valence-electron chi connectivity index (χ0n) is 11.3. The van der Waals surface area contributed by atoms with Crippen molar-refractivity contribution in [2.45, 2.75) is 25.8 Å². The second-order valence-electron chi connectivity index (χ2n) is 5.16. The van der Waals surface area contributed by atoms with Crippen molar-refractivity contribution in [3.05, 3.63) is 31.3 Å². The number of nitrogens with zero attached hydrogens (tertiary/aromatic N) is 1. The van der Waals surface area contributed by atoms with Crippen molar-refractivity contribution in [2.24, 2.45) is 5.92 Å². The van der Waals surface area contributed by atoms with Gasteiger partial charge in [-0.05, 0) is 54.5 Å².